The summed E-state index contributed by atoms with van der Waals surface area (Å²) in [6, 6.07) is 12.8. The Morgan fingerprint density at radius 3 is 2.81 bits per heavy atom. The fourth-order valence-electron chi connectivity index (χ4n) is 3.18. The molecule has 0 bridgehead atoms. The Morgan fingerprint density at radius 1 is 1.31 bits per heavy atom. The Hall–Kier alpha value is -2.53. The molecule has 2 amide bonds. The first-order valence-electron chi connectivity index (χ1n) is 8.56. The number of halogens is 1. The van der Waals surface area contributed by atoms with E-state index in [0.29, 0.717) is 23.0 Å². The van der Waals surface area contributed by atoms with Crippen LogP contribution in [0.5, 0.6) is 5.75 Å². The first-order valence-corrected chi connectivity index (χ1v) is 8.94. The fourth-order valence-corrected chi connectivity index (χ4v) is 3.34. The van der Waals surface area contributed by atoms with Crippen molar-refractivity contribution in [2.24, 2.45) is 5.92 Å². The maximum absolute atomic E-state index is 12.7. The molecule has 26 heavy (non-hydrogen) atoms. The van der Waals surface area contributed by atoms with Crippen molar-refractivity contribution >= 4 is 34.8 Å². The van der Waals surface area contributed by atoms with Gasteiger partial charge in [-0.1, -0.05) is 36.7 Å². The van der Waals surface area contributed by atoms with Gasteiger partial charge < -0.3 is 15.0 Å². The number of para-hydroxylation sites is 1. The monoisotopic (exact) mass is 372 g/mol. The zero-order valence-corrected chi connectivity index (χ0v) is 15.5. The molecule has 0 saturated carbocycles. The molecule has 3 rings (SSSR count). The maximum atomic E-state index is 12.7. The smallest absolute Gasteiger partial charge is 0.229 e. The molecule has 136 valence electrons. The first-order chi connectivity index (χ1) is 12.5. The number of methoxy groups -OCH3 is 1. The van der Waals surface area contributed by atoms with Crippen molar-refractivity contribution in [3.8, 4) is 5.75 Å². The second-order valence-corrected chi connectivity index (χ2v) is 6.66. The molecule has 1 aliphatic rings. The number of aryl methyl sites for hydroxylation is 1. The van der Waals surface area contributed by atoms with E-state index in [9.17, 15) is 9.59 Å². The molecule has 6 heteroatoms. The summed E-state index contributed by atoms with van der Waals surface area (Å²) in [6.45, 7) is 2.34. The van der Waals surface area contributed by atoms with Crippen LogP contribution in [0.3, 0.4) is 0 Å². The highest BCUT2D eigenvalue weighted by molar-refractivity contribution is 6.31. The molecule has 1 aliphatic heterocycles. The quantitative estimate of drug-likeness (QED) is 0.865. The van der Waals surface area contributed by atoms with Crippen LogP contribution in [-0.4, -0.2) is 25.5 Å². The van der Waals surface area contributed by atoms with Crippen molar-refractivity contribution in [3.63, 3.8) is 0 Å². The molecule has 1 fully saturated rings. The number of carbonyl (C=O) groups is 2. The summed E-state index contributed by atoms with van der Waals surface area (Å²) in [5.74, 6) is -0.131. The van der Waals surface area contributed by atoms with Gasteiger partial charge in [0.2, 0.25) is 11.8 Å². The predicted octanol–water partition coefficient (Wildman–Crippen LogP) is 3.90. The van der Waals surface area contributed by atoms with Gasteiger partial charge in [0.15, 0.2) is 0 Å². The van der Waals surface area contributed by atoms with Crippen molar-refractivity contribution < 1.29 is 14.3 Å². The van der Waals surface area contributed by atoms with Gasteiger partial charge in [0.25, 0.3) is 0 Å². The average Bonchev–Trinajstić information content (AvgIpc) is 3.04. The molecular formula is C20H21ClN2O3. The van der Waals surface area contributed by atoms with Gasteiger partial charge in [-0.15, -0.1) is 0 Å². The largest absolute Gasteiger partial charge is 0.495 e. The van der Waals surface area contributed by atoms with Crippen molar-refractivity contribution in [1.82, 2.24) is 0 Å². The van der Waals surface area contributed by atoms with E-state index < -0.39 is 5.92 Å². The number of carbonyl (C=O) groups excluding carboxylic acids is 2. The molecule has 0 aliphatic carbocycles. The molecule has 0 spiro atoms. The van der Waals surface area contributed by atoms with E-state index >= 15 is 0 Å². The lowest BCUT2D eigenvalue weighted by Crippen LogP contribution is -2.28. The van der Waals surface area contributed by atoms with Gasteiger partial charge in [-0.3, -0.25) is 9.59 Å². The van der Waals surface area contributed by atoms with Crippen LogP contribution < -0.4 is 15.0 Å². The van der Waals surface area contributed by atoms with Crippen LogP contribution >= 0.6 is 11.6 Å². The number of benzene rings is 2. The van der Waals surface area contributed by atoms with Crippen molar-refractivity contribution in [1.29, 1.82) is 0 Å². The number of nitrogens with zero attached hydrogens (tertiary/aromatic N) is 1. The van der Waals surface area contributed by atoms with Crippen LogP contribution in [0.1, 0.15) is 18.9 Å². The lowest BCUT2D eigenvalue weighted by Gasteiger charge is -2.20. The summed E-state index contributed by atoms with van der Waals surface area (Å²) in [7, 11) is 1.54. The van der Waals surface area contributed by atoms with Crippen molar-refractivity contribution in [2.75, 3.05) is 23.9 Å². The summed E-state index contributed by atoms with van der Waals surface area (Å²) in [4.78, 5) is 26.7. The van der Waals surface area contributed by atoms with Crippen LogP contribution in [0.4, 0.5) is 11.4 Å². The number of hydrogen-bond acceptors (Lipinski definition) is 3. The zero-order valence-electron chi connectivity index (χ0n) is 14.8. The maximum Gasteiger partial charge on any atom is 0.229 e. The summed E-state index contributed by atoms with van der Waals surface area (Å²) in [5, 5.41) is 3.47. The van der Waals surface area contributed by atoms with E-state index in [2.05, 4.69) is 5.32 Å². The van der Waals surface area contributed by atoms with Gasteiger partial charge in [0, 0.05) is 23.7 Å². The molecule has 1 saturated heterocycles. The van der Waals surface area contributed by atoms with Crippen LogP contribution in [0.25, 0.3) is 0 Å². The molecule has 5 nitrogen and oxygen atoms in total. The number of nitrogens with one attached hydrogen (secondary N) is 1. The van der Waals surface area contributed by atoms with Crippen LogP contribution in [0.15, 0.2) is 42.5 Å². The van der Waals surface area contributed by atoms with E-state index in [0.717, 1.165) is 17.7 Å². The van der Waals surface area contributed by atoms with Crippen LogP contribution in [0.2, 0.25) is 5.02 Å². The lowest BCUT2D eigenvalue weighted by molar-refractivity contribution is -0.122. The number of amides is 2. The minimum absolute atomic E-state index is 0.116. The molecule has 2 aromatic rings. The third-order valence-electron chi connectivity index (χ3n) is 4.58. The van der Waals surface area contributed by atoms with E-state index in [1.807, 2.05) is 31.2 Å². The molecular weight excluding hydrogens is 352 g/mol. The third-order valence-corrected chi connectivity index (χ3v) is 4.82. The summed E-state index contributed by atoms with van der Waals surface area (Å²) in [5.41, 5.74) is 2.46. The van der Waals surface area contributed by atoms with Crippen LogP contribution in [0, 0.1) is 5.92 Å². The summed E-state index contributed by atoms with van der Waals surface area (Å²) < 4.78 is 5.33. The summed E-state index contributed by atoms with van der Waals surface area (Å²) >= 11 is 6.07. The van der Waals surface area contributed by atoms with E-state index in [1.54, 1.807) is 30.2 Å². The molecule has 1 unspecified atom stereocenters. The highest BCUT2D eigenvalue weighted by Crippen LogP contribution is 2.35. The predicted molar refractivity (Wildman–Crippen MR) is 103 cm³/mol. The molecule has 1 heterocycles. The van der Waals surface area contributed by atoms with E-state index in [1.165, 1.54) is 0 Å². The van der Waals surface area contributed by atoms with E-state index in [-0.39, 0.29) is 18.2 Å². The molecule has 0 aromatic heterocycles. The highest BCUT2D eigenvalue weighted by Gasteiger charge is 2.36. The van der Waals surface area contributed by atoms with Gasteiger partial charge in [0.1, 0.15) is 5.75 Å². The van der Waals surface area contributed by atoms with Crippen molar-refractivity contribution in [3.05, 3.63) is 53.1 Å². The minimum atomic E-state index is -0.420. The van der Waals surface area contributed by atoms with Gasteiger partial charge in [-0.05, 0) is 36.2 Å². The third kappa shape index (κ3) is 3.68. The van der Waals surface area contributed by atoms with Gasteiger partial charge in [-0.25, -0.2) is 0 Å². The number of hydrogen-bond donors (Lipinski definition) is 1. The average molecular weight is 373 g/mol. The second kappa shape index (κ2) is 7.79. The van der Waals surface area contributed by atoms with Crippen LogP contribution in [-0.2, 0) is 16.0 Å². The first kappa shape index (κ1) is 18.3. The Morgan fingerprint density at radius 2 is 2.08 bits per heavy atom. The van der Waals surface area contributed by atoms with Gasteiger partial charge in [0.05, 0.1) is 18.7 Å². The number of anilines is 2. The standard InChI is InChI=1S/C20H21ClN2O3/c1-3-13-6-4-5-7-16(13)22-20(25)14-10-19(24)23(12-14)17-11-15(21)8-9-18(17)26-2/h4-9,11,14H,3,10,12H2,1-2H3,(H,22,25). The molecule has 0 radical (unpaired) electrons. The molecule has 1 atom stereocenters. The number of ether oxygens (including phenoxy) is 1. The minimum Gasteiger partial charge on any atom is -0.495 e. The number of rotatable bonds is 5. The zero-order chi connectivity index (χ0) is 18.7. The Kier molecular flexibility index (Phi) is 5.47. The lowest BCUT2D eigenvalue weighted by atomic mass is 10.1. The topological polar surface area (TPSA) is 58.6 Å². The molecule has 2 aromatic carbocycles. The highest BCUT2D eigenvalue weighted by atomic mass is 35.5. The second-order valence-electron chi connectivity index (χ2n) is 6.22. The van der Waals surface area contributed by atoms with Crippen molar-refractivity contribution in [2.45, 2.75) is 19.8 Å². The Labute approximate surface area is 157 Å². The SMILES string of the molecule is CCc1ccccc1NC(=O)C1CC(=O)N(c2cc(Cl)ccc2OC)C1. The van der Waals surface area contributed by atoms with Gasteiger partial charge >= 0.3 is 0 Å². The normalized spacial score (nSPS) is 16.7. The van der Waals surface area contributed by atoms with E-state index in [4.69, 9.17) is 16.3 Å². The Balaban J connectivity index is 1.77. The Bertz CT molecular complexity index is 838. The fraction of sp³-hybridized carbons (Fsp3) is 0.300. The molecule has 1 N–H and O–H groups in total. The summed E-state index contributed by atoms with van der Waals surface area (Å²) in [6.07, 6.45) is 0.988. The van der Waals surface area contributed by atoms with Gasteiger partial charge in [-0.2, -0.15) is 0 Å².